The lowest BCUT2D eigenvalue weighted by Gasteiger charge is -2.19. The number of fused-ring (bicyclic) bond motifs is 1. The maximum Gasteiger partial charge on any atom is 0.330 e. The molecule has 0 radical (unpaired) electrons. The van der Waals surface area contributed by atoms with E-state index in [0.717, 1.165) is 22.5 Å². The third-order valence-corrected chi connectivity index (χ3v) is 5.00. The summed E-state index contributed by atoms with van der Waals surface area (Å²) in [6, 6.07) is 5.31. The van der Waals surface area contributed by atoms with Crippen LogP contribution in [0.2, 0.25) is 5.02 Å². The van der Waals surface area contributed by atoms with Gasteiger partial charge in [-0.25, -0.2) is 4.79 Å². The second-order valence-corrected chi connectivity index (χ2v) is 7.36. The second kappa shape index (κ2) is 9.04. The van der Waals surface area contributed by atoms with Crippen LogP contribution in [0.4, 0.5) is 11.5 Å². The number of H-pyrrole nitrogens is 1. The molecule has 0 fully saturated rings. The molecule has 1 aliphatic heterocycles. The maximum atomic E-state index is 12.7. The zero-order chi connectivity index (χ0) is 21.8. The van der Waals surface area contributed by atoms with E-state index in [0.29, 0.717) is 30.3 Å². The average molecular weight is 431 g/mol. The van der Waals surface area contributed by atoms with E-state index in [1.165, 1.54) is 17.7 Å². The SMILES string of the molecule is CCCCn1c(N)c(N(C)C(=O)/C=C/C2=Cc3cc(Cl)ccc3OC2)c(=O)[nH]c1=O. The number of nitrogens with zero attached hydrogens (tertiary/aromatic N) is 2. The van der Waals surface area contributed by atoms with Crippen molar-refractivity contribution in [2.45, 2.75) is 26.3 Å². The molecule has 0 saturated heterocycles. The number of halogens is 1. The van der Waals surface area contributed by atoms with Gasteiger partial charge in [-0.1, -0.05) is 31.0 Å². The number of hydrogen-bond acceptors (Lipinski definition) is 5. The second-order valence-electron chi connectivity index (χ2n) is 6.92. The molecule has 30 heavy (non-hydrogen) atoms. The van der Waals surface area contributed by atoms with Crippen LogP contribution in [0.3, 0.4) is 0 Å². The van der Waals surface area contributed by atoms with Gasteiger partial charge in [0, 0.05) is 30.3 Å². The Bertz CT molecular complexity index is 1150. The Morgan fingerprint density at radius 3 is 2.90 bits per heavy atom. The van der Waals surface area contributed by atoms with Crippen LogP contribution in [-0.2, 0) is 11.3 Å². The van der Waals surface area contributed by atoms with Crippen LogP contribution in [0.1, 0.15) is 25.3 Å². The van der Waals surface area contributed by atoms with Crippen LogP contribution in [0.25, 0.3) is 6.08 Å². The first-order valence-corrected chi connectivity index (χ1v) is 9.91. The normalized spacial score (nSPS) is 13.0. The quantitative estimate of drug-likeness (QED) is 0.684. The summed E-state index contributed by atoms with van der Waals surface area (Å²) in [6.07, 6.45) is 6.38. The fourth-order valence-electron chi connectivity index (χ4n) is 3.10. The third kappa shape index (κ3) is 4.49. The maximum absolute atomic E-state index is 12.7. The van der Waals surface area contributed by atoms with Gasteiger partial charge in [-0.3, -0.25) is 19.1 Å². The predicted molar refractivity (Wildman–Crippen MR) is 118 cm³/mol. The zero-order valence-corrected chi connectivity index (χ0v) is 17.5. The Morgan fingerprint density at radius 2 is 2.17 bits per heavy atom. The largest absolute Gasteiger partial charge is 0.488 e. The van der Waals surface area contributed by atoms with Crippen LogP contribution in [0.15, 0.2) is 45.5 Å². The molecule has 1 aromatic carbocycles. The van der Waals surface area contributed by atoms with Gasteiger partial charge in [0.05, 0.1) is 0 Å². The number of aromatic nitrogens is 2. The van der Waals surface area contributed by atoms with E-state index in [9.17, 15) is 14.4 Å². The number of anilines is 2. The Kier molecular flexibility index (Phi) is 6.47. The first kappa shape index (κ1) is 21.4. The van der Waals surface area contributed by atoms with Gasteiger partial charge in [-0.15, -0.1) is 0 Å². The molecule has 0 aliphatic carbocycles. The molecule has 8 nitrogen and oxygen atoms in total. The topological polar surface area (TPSA) is 110 Å². The van der Waals surface area contributed by atoms with Crippen LogP contribution in [-0.4, -0.2) is 29.1 Å². The van der Waals surface area contributed by atoms with Gasteiger partial charge in [0.1, 0.15) is 18.2 Å². The van der Waals surface area contributed by atoms with E-state index in [1.54, 1.807) is 24.3 Å². The van der Waals surface area contributed by atoms with E-state index in [-0.39, 0.29) is 11.5 Å². The number of nitrogen functional groups attached to an aromatic ring is 1. The minimum Gasteiger partial charge on any atom is -0.488 e. The van der Waals surface area contributed by atoms with Crippen LogP contribution < -0.4 is 26.6 Å². The standard InChI is InChI=1S/C21H23ClN4O4/c1-3-4-9-26-19(23)18(20(28)24-21(26)29)25(2)17(27)8-5-13-10-14-11-15(22)6-7-16(14)30-12-13/h5-8,10-11H,3-4,9,12,23H2,1-2H3,(H,24,28,29)/b8-5+. The van der Waals surface area contributed by atoms with Crippen molar-refractivity contribution in [2.24, 2.45) is 0 Å². The van der Waals surface area contributed by atoms with Gasteiger partial charge in [0.2, 0.25) is 0 Å². The molecule has 2 heterocycles. The lowest BCUT2D eigenvalue weighted by Crippen LogP contribution is -2.38. The average Bonchev–Trinajstić information content (AvgIpc) is 2.71. The molecule has 0 spiro atoms. The fraction of sp³-hybridized carbons (Fsp3) is 0.286. The molecule has 9 heteroatoms. The molecule has 1 aromatic heterocycles. The van der Waals surface area contributed by atoms with E-state index >= 15 is 0 Å². The van der Waals surface area contributed by atoms with Gasteiger partial charge >= 0.3 is 5.69 Å². The Balaban J connectivity index is 1.84. The smallest absolute Gasteiger partial charge is 0.330 e. The van der Waals surface area contributed by atoms with E-state index < -0.39 is 17.2 Å². The number of aromatic amines is 1. The van der Waals surface area contributed by atoms with Crippen molar-refractivity contribution < 1.29 is 9.53 Å². The minimum absolute atomic E-state index is 0.0368. The third-order valence-electron chi connectivity index (χ3n) is 4.76. The Labute approximate surface area is 178 Å². The molecule has 1 aliphatic rings. The van der Waals surface area contributed by atoms with Crippen molar-refractivity contribution in [1.29, 1.82) is 0 Å². The highest BCUT2D eigenvalue weighted by Crippen LogP contribution is 2.29. The van der Waals surface area contributed by atoms with Crippen LogP contribution in [0.5, 0.6) is 5.75 Å². The van der Waals surface area contributed by atoms with E-state index in [1.807, 2.05) is 13.0 Å². The molecular weight excluding hydrogens is 408 g/mol. The van der Waals surface area contributed by atoms with Crippen LogP contribution >= 0.6 is 11.6 Å². The number of unbranched alkanes of at least 4 members (excludes halogenated alkanes) is 1. The molecule has 0 bridgehead atoms. The molecule has 1 amide bonds. The highest BCUT2D eigenvalue weighted by molar-refractivity contribution is 6.30. The molecule has 158 valence electrons. The summed E-state index contributed by atoms with van der Waals surface area (Å²) in [5.74, 6) is 0.213. The summed E-state index contributed by atoms with van der Waals surface area (Å²) < 4.78 is 6.93. The summed E-state index contributed by atoms with van der Waals surface area (Å²) in [4.78, 5) is 40.4. The number of benzene rings is 1. The summed E-state index contributed by atoms with van der Waals surface area (Å²) in [6.45, 7) is 2.63. The molecule has 0 unspecified atom stereocenters. The van der Waals surface area contributed by atoms with Crippen molar-refractivity contribution in [2.75, 3.05) is 24.3 Å². The number of nitrogens with one attached hydrogen (secondary N) is 1. The molecule has 3 rings (SSSR count). The molecule has 0 saturated carbocycles. The lowest BCUT2D eigenvalue weighted by molar-refractivity contribution is -0.113. The number of ether oxygens (including phenoxy) is 1. The Hall–Kier alpha value is -3.26. The number of nitrogens with two attached hydrogens (primary N) is 1. The van der Waals surface area contributed by atoms with Crippen molar-refractivity contribution in [3.63, 3.8) is 0 Å². The van der Waals surface area contributed by atoms with Gasteiger partial charge in [-0.2, -0.15) is 0 Å². The highest BCUT2D eigenvalue weighted by Gasteiger charge is 2.19. The van der Waals surface area contributed by atoms with Crippen molar-refractivity contribution in [3.05, 3.63) is 67.3 Å². The molecule has 3 N–H and O–H groups in total. The summed E-state index contributed by atoms with van der Waals surface area (Å²) in [5, 5.41) is 0.586. The first-order valence-electron chi connectivity index (χ1n) is 9.53. The monoisotopic (exact) mass is 430 g/mol. The minimum atomic E-state index is -0.710. The van der Waals surface area contributed by atoms with E-state index in [2.05, 4.69) is 4.98 Å². The summed E-state index contributed by atoms with van der Waals surface area (Å²) >= 11 is 6.01. The van der Waals surface area contributed by atoms with E-state index in [4.69, 9.17) is 22.1 Å². The van der Waals surface area contributed by atoms with Crippen LogP contribution in [0, 0.1) is 0 Å². The van der Waals surface area contributed by atoms with Crippen molar-refractivity contribution in [1.82, 2.24) is 9.55 Å². The number of amides is 1. The van der Waals surface area contributed by atoms with Gasteiger partial charge in [0.25, 0.3) is 11.5 Å². The summed E-state index contributed by atoms with van der Waals surface area (Å²) in [5.41, 5.74) is 6.27. The molecule has 0 atom stereocenters. The molecular formula is C21H23ClN4O4. The fourth-order valence-corrected chi connectivity index (χ4v) is 3.28. The first-order chi connectivity index (χ1) is 14.3. The lowest BCUT2D eigenvalue weighted by atomic mass is 10.1. The number of carbonyl (C=O) groups excluding carboxylic acids is 1. The van der Waals surface area contributed by atoms with Gasteiger partial charge in [-0.05, 0) is 36.3 Å². The number of rotatable bonds is 6. The molecule has 2 aromatic rings. The summed E-state index contributed by atoms with van der Waals surface area (Å²) in [7, 11) is 1.43. The number of likely N-dealkylation sites (N-methyl/N-ethyl adjacent to an activating group) is 1. The van der Waals surface area contributed by atoms with Crippen molar-refractivity contribution >= 4 is 35.1 Å². The zero-order valence-electron chi connectivity index (χ0n) is 16.8. The number of hydrogen-bond donors (Lipinski definition) is 2. The van der Waals surface area contributed by atoms with Gasteiger partial charge < -0.3 is 15.4 Å². The Morgan fingerprint density at radius 1 is 1.40 bits per heavy atom. The highest BCUT2D eigenvalue weighted by atomic mass is 35.5. The van der Waals surface area contributed by atoms with Gasteiger partial charge in [0.15, 0.2) is 5.69 Å². The van der Waals surface area contributed by atoms with Crippen molar-refractivity contribution in [3.8, 4) is 5.75 Å². The predicted octanol–water partition coefficient (Wildman–Crippen LogP) is 2.57. The number of carbonyl (C=O) groups is 1.